The van der Waals surface area contributed by atoms with Gasteiger partial charge in [-0.05, 0) is 31.0 Å². The van der Waals surface area contributed by atoms with Crippen molar-refractivity contribution in [3.8, 4) is 11.4 Å². The number of Topliss-reactive ketones (excluding diaryl/α,β-unsaturated/α-hetero) is 1. The van der Waals surface area contributed by atoms with Crippen molar-refractivity contribution < 1.29 is 22.5 Å². The molecule has 20 heavy (non-hydrogen) atoms. The highest BCUT2D eigenvalue weighted by Crippen LogP contribution is 2.29. The van der Waals surface area contributed by atoms with Crippen LogP contribution in [-0.4, -0.2) is 15.9 Å². The SMILES string of the molecule is CC(=O)Cc1ccc(-c2noc(C(F)(F)F)n2)cc1C. The molecule has 0 atom stereocenters. The van der Waals surface area contributed by atoms with Gasteiger partial charge in [0.1, 0.15) is 5.78 Å². The van der Waals surface area contributed by atoms with Crippen LogP contribution in [0, 0.1) is 6.92 Å². The minimum Gasteiger partial charge on any atom is -0.329 e. The third-order valence-corrected chi connectivity index (χ3v) is 2.71. The Hall–Kier alpha value is -2.18. The Morgan fingerprint density at radius 3 is 2.55 bits per heavy atom. The smallest absolute Gasteiger partial charge is 0.329 e. The van der Waals surface area contributed by atoms with Gasteiger partial charge in [0, 0.05) is 12.0 Å². The van der Waals surface area contributed by atoms with Gasteiger partial charge in [-0.2, -0.15) is 18.2 Å². The number of aryl methyl sites for hydroxylation is 1. The second-order valence-corrected chi connectivity index (χ2v) is 4.44. The lowest BCUT2D eigenvalue weighted by Gasteiger charge is -2.04. The Balaban J connectivity index is 2.32. The first-order valence-corrected chi connectivity index (χ1v) is 5.77. The van der Waals surface area contributed by atoms with Crippen molar-refractivity contribution in [3.05, 3.63) is 35.2 Å². The zero-order valence-corrected chi connectivity index (χ0v) is 10.8. The molecule has 0 saturated carbocycles. The molecule has 7 heteroatoms. The summed E-state index contributed by atoms with van der Waals surface area (Å²) >= 11 is 0. The summed E-state index contributed by atoms with van der Waals surface area (Å²) in [4.78, 5) is 14.4. The molecular weight excluding hydrogens is 273 g/mol. The molecule has 0 bridgehead atoms. The van der Waals surface area contributed by atoms with Crippen LogP contribution < -0.4 is 0 Å². The fraction of sp³-hybridized carbons (Fsp3) is 0.308. The molecule has 0 fully saturated rings. The molecule has 0 spiro atoms. The van der Waals surface area contributed by atoms with Gasteiger partial charge in [-0.25, -0.2) is 0 Å². The second-order valence-electron chi connectivity index (χ2n) is 4.44. The molecule has 0 aliphatic heterocycles. The first kappa shape index (κ1) is 14.2. The Labute approximate surface area is 112 Å². The molecule has 0 radical (unpaired) electrons. The fourth-order valence-electron chi connectivity index (χ4n) is 1.76. The fourth-order valence-corrected chi connectivity index (χ4v) is 1.76. The molecule has 0 aliphatic carbocycles. The number of hydrogen-bond acceptors (Lipinski definition) is 4. The molecule has 0 saturated heterocycles. The van der Waals surface area contributed by atoms with Crippen molar-refractivity contribution in [2.24, 2.45) is 0 Å². The molecule has 0 amide bonds. The van der Waals surface area contributed by atoms with Crippen LogP contribution in [-0.2, 0) is 17.4 Å². The van der Waals surface area contributed by atoms with Crippen LogP contribution in [0.15, 0.2) is 22.7 Å². The third-order valence-electron chi connectivity index (χ3n) is 2.71. The maximum Gasteiger partial charge on any atom is 0.471 e. The third kappa shape index (κ3) is 3.04. The van der Waals surface area contributed by atoms with Crippen LogP contribution in [0.1, 0.15) is 23.9 Å². The summed E-state index contributed by atoms with van der Waals surface area (Å²) in [6.45, 7) is 3.24. The highest BCUT2D eigenvalue weighted by molar-refractivity contribution is 5.78. The van der Waals surface area contributed by atoms with Crippen molar-refractivity contribution >= 4 is 5.78 Å². The van der Waals surface area contributed by atoms with Crippen molar-refractivity contribution in [1.82, 2.24) is 10.1 Å². The van der Waals surface area contributed by atoms with Crippen LogP contribution in [0.5, 0.6) is 0 Å². The normalized spacial score (nSPS) is 11.7. The minimum atomic E-state index is -4.66. The van der Waals surface area contributed by atoms with Crippen molar-refractivity contribution in [3.63, 3.8) is 0 Å². The maximum atomic E-state index is 12.4. The van der Waals surface area contributed by atoms with E-state index in [2.05, 4.69) is 14.7 Å². The number of aromatic nitrogens is 2. The van der Waals surface area contributed by atoms with Gasteiger partial charge in [-0.3, -0.25) is 4.79 Å². The average Bonchev–Trinajstić information content (AvgIpc) is 2.80. The number of hydrogen-bond donors (Lipinski definition) is 0. The van der Waals surface area contributed by atoms with E-state index in [-0.39, 0.29) is 18.0 Å². The van der Waals surface area contributed by atoms with Crippen LogP contribution >= 0.6 is 0 Å². The summed E-state index contributed by atoms with van der Waals surface area (Å²) in [7, 11) is 0. The molecule has 4 nitrogen and oxygen atoms in total. The lowest BCUT2D eigenvalue weighted by atomic mass is 10.0. The number of carbonyl (C=O) groups is 1. The Morgan fingerprint density at radius 2 is 2.05 bits per heavy atom. The molecule has 2 rings (SSSR count). The predicted octanol–water partition coefficient (Wildman–Crippen LogP) is 3.20. The molecule has 1 aromatic heterocycles. The van der Waals surface area contributed by atoms with Crippen molar-refractivity contribution in [2.45, 2.75) is 26.4 Å². The summed E-state index contributed by atoms with van der Waals surface area (Å²) in [5, 5.41) is 3.31. The van der Waals surface area contributed by atoms with E-state index in [1.807, 2.05) is 0 Å². The van der Waals surface area contributed by atoms with E-state index in [1.54, 1.807) is 25.1 Å². The second kappa shape index (κ2) is 5.07. The molecule has 0 unspecified atom stereocenters. The molecule has 106 valence electrons. The van der Waals surface area contributed by atoms with E-state index >= 15 is 0 Å². The number of carbonyl (C=O) groups excluding carboxylic acids is 1. The van der Waals surface area contributed by atoms with E-state index in [0.29, 0.717) is 5.56 Å². The molecular formula is C13H11F3N2O2. The number of alkyl halides is 3. The first-order chi connectivity index (χ1) is 9.27. The number of nitrogens with zero attached hydrogens (tertiary/aromatic N) is 2. The predicted molar refractivity (Wildman–Crippen MR) is 63.9 cm³/mol. The number of rotatable bonds is 3. The quantitative estimate of drug-likeness (QED) is 0.868. The standard InChI is InChI=1S/C13H11F3N2O2/c1-7-5-10(4-3-9(7)6-8(2)19)11-17-12(20-18-11)13(14,15)16/h3-5H,6H2,1-2H3. The Kier molecular flexibility index (Phi) is 3.61. The summed E-state index contributed by atoms with van der Waals surface area (Å²) in [5.74, 6) is -1.49. The van der Waals surface area contributed by atoms with Crippen LogP contribution in [0.3, 0.4) is 0 Å². The summed E-state index contributed by atoms with van der Waals surface area (Å²) in [6, 6.07) is 4.87. The zero-order chi connectivity index (χ0) is 14.9. The summed E-state index contributed by atoms with van der Waals surface area (Å²) < 4.78 is 41.3. The molecule has 2 aromatic rings. The van der Waals surface area contributed by atoms with Gasteiger partial charge in [-0.15, -0.1) is 0 Å². The highest BCUT2D eigenvalue weighted by atomic mass is 19.4. The van der Waals surface area contributed by atoms with E-state index in [1.165, 1.54) is 6.92 Å². The summed E-state index contributed by atoms with van der Waals surface area (Å²) in [6.07, 6.45) is -4.37. The first-order valence-electron chi connectivity index (χ1n) is 5.77. The summed E-state index contributed by atoms with van der Waals surface area (Å²) in [5.41, 5.74) is 2.02. The van der Waals surface area contributed by atoms with Gasteiger partial charge >= 0.3 is 12.1 Å². The zero-order valence-electron chi connectivity index (χ0n) is 10.8. The van der Waals surface area contributed by atoms with E-state index in [0.717, 1.165) is 11.1 Å². The molecule has 1 heterocycles. The highest BCUT2D eigenvalue weighted by Gasteiger charge is 2.38. The van der Waals surface area contributed by atoms with Crippen molar-refractivity contribution in [2.75, 3.05) is 0 Å². The Morgan fingerprint density at radius 1 is 1.35 bits per heavy atom. The van der Waals surface area contributed by atoms with Gasteiger partial charge in [0.2, 0.25) is 5.82 Å². The van der Waals surface area contributed by atoms with Gasteiger partial charge < -0.3 is 4.52 Å². The molecule has 1 aromatic carbocycles. The van der Waals surface area contributed by atoms with E-state index in [4.69, 9.17) is 0 Å². The number of benzene rings is 1. The van der Waals surface area contributed by atoms with E-state index < -0.39 is 12.1 Å². The lowest BCUT2D eigenvalue weighted by molar-refractivity contribution is -0.159. The average molecular weight is 284 g/mol. The maximum absolute atomic E-state index is 12.4. The van der Waals surface area contributed by atoms with Gasteiger partial charge in [-0.1, -0.05) is 17.3 Å². The van der Waals surface area contributed by atoms with Crippen LogP contribution in [0.2, 0.25) is 0 Å². The van der Waals surface area contributed by atoms with Gasteiger partial charge in [0.25, 0.3) is 0 Å². The van der Waals surface area contributed by atoms with Crippen LogP contribution in [0.4, 0.5) is 13.2 Å². The Bertz CT molecular complexity index is 647. The monoisotopic (exact) mass is 284 g/mol. The topological polar surface area (TPSA) is 56.0 Å². The van der Waals surface area contributed by atoms with Gasteiger partial charge in [0.15, 0.2) is 0 Å². The molecule has 0 N–H and O–H groups in total. The largest absolute Gasteiger partial charge is 0.471 e. The van der Waals surface area contributed by atoms with Crippen LogP contribution in [0.25, 0.3) is 11.4 Å². The van der Waals surface area contributed by atoms with Crippen molar-refractivity contribution in [1.29, 1.82) is 0 Å². The van der Waals surface area contributed by atoms with E-state index in [9.17, 15) is 18.0 Å². The lowest BCUT2D eigenvalue weighted by Crippen LogP contribution is -2.04. The molecule has 0 aliphatic rings. The number of ketones is 1. The van der Waals surface area contributed by atoms with Gasteiger partial charge in [0.05, 0.1) is 0 Å². The number of halogens is 3. The minimum absolute atomic E-state index is 0.0137.